The van der Waals surface area contributed by atoms with Crippen LogP contribution in [-0.4, -0.2) is 30.5 Å². The van der Waals surface area contributed by atoms with Crippen LogP contribution in [0, 0.1) is 11.3 Å². The summed E-state index contributed by atoms with van der Waals surface area (Å²) in [5.74, 6) is 0.700. The molecule has 2 aromatic rings. The summed E-state index contributed by atoms with van der Waals surface area (Å²) < 4.78 is 5.47. The summed E-state index contributed by atoms with van der Waals surface area (Å²) in [6, 6.07) is 16.4. The van der Waals surface area contributed by atoms with E-state index in [4.69, 9.17) is 10.00 Å². The molecule has 2 rings (SSSR count). The van der Waals surface area contributed by atoms with E-state index >= 15 is 0 Å². The number of likely N-dealkylation sites (N-methyl/N-ethyl adjacent to an activating group) is 1. The van der Waals surface area contributed by atoms with Crippen molar-refractivity contribution in [1.82, 2.24) is 4.90 Å². The molecule has 0 aliphatic heterocycles. The molecular formula is C21H23N3O2. The van der Waals surface area contributed by atoms with Crippen LogP contribution in [0.4, 0.5) is 5.69 Å². The van der Waals surface area contributed by atoms with Crippen LogP contribution < -0.4 is 10.1 Å². The Labute approximate surface area is 154 Å². The van der Waals surface area contributed by atoms with Crippen LogP contribution in [0.1, 0.15) is 18.1 Å². The quantitative estimate of drug-likeness (QED) is 0.740. The maximum Gasteiger partial charge on any atom is 0.241 e. The summed E-state index contributed by atoms with van der Waals surface area (Å²) in [4.78, 5) is 14.4. The third-order valence-electron chi connectivity index (χ3n) is 4.05. The zero-order valence-corrected chi connectivity index (χ0v) is 15.1. The number of rotatable bonds is 8. The molecule has 5 nitrogen and oxygen atoms in total. The van der Waals surface area contributed by atoms with Crippen molar-refractivity contribution >= 4 is 11.6 Å². The van der Waals surface area contributed by atoms with Crippen LogP contribution >= 0.6 is 0 Å². The van der Waals surface area contributed by atoms with Crippen molar-refractivity contribution in [2.75, 3.05) is 19.0 Å². The lowest BCUT2D eigenvalue weighted by Crippen LogP contribution is -2.39. The zero-order valence-electron chi connectivity index (χ0n) is 15.1. The number of anilines is 1. The Morgan fingerprint density at radius 3 is 2.50 bits per heavy atom. The molecule has 0 heterocycles. The maximum absolute atomic E-state index is 12.4. The Bertz CT molecular complexity index is 776. The number of nitrogens with one attached hydrogen (secondary N) is 1. The van der Waals surface area contributed by atoms with Crippen LogP contribution in [0.3, 0.4) is 0 Å². The first kappa shape index (κ1) is 19.2. The standard InChI is InChI=1S/C21H23N3O2/c1-4-13-26-20-11-7-18(8-12-20)15-24(3)16(2)21(25)23-19-9-5-17(14-22)6-10-19/h4-12,16H,1,13,15H2,2-3H3,(H,23,25)/t16-/m1/s1. The Balaban J connectivity index is 1.90. The van der Waals surface area contributed by atoms with E-state index in [2.05, 4.69) is 18.0 Å². The van der Waals surface area contributed by atoms with E-state index < -0.39 is 0 Å². The van der Waals surface area contributed by atoms with Crippen molar-refractivity contribution in [2.45, 2.75) is 19.5 Å². The second kappa shape index (κ2) is 9.40. The zero-order chi connectivity index (χ0) is 18.9. The van der Waals surface area contributed by atoms with Gasteiger partial charge in [0.15, 0.2) is 0 Å². The third kappa shape index (κ3) is 5.47. The predicted octanol–water partition coefficient (Wildman–Crippen LogP) is 3.58. The molecule has 0 aliphatic carbocycles. The molecule has 2 aromatic carbocycles. The molecule has 0 bridgehead atoms. The number of hydrogen-bond donors (Lipinski definition) is 1. The number of benzene rings is 2. The smallest absolute Gasteiger partial charge is 0.241 e. The van der Waals surface area contributed by atoms with Crippen LogP contribution in [0.15, 0.2) is 61.2 Å². The van der Waals surface area contributed by atoms with E-state index in [1.807, 2.05) is 43.1 Å². The molecule has 26 heavy (non-hydrogen) atoms. The molecule has 1 amide bonds. The number of nitriles is 1. The van der Waals surface area contributed by atoms with E-state index in [-0.39, 0.29) is 11.9 Å². The third-order valence-corrected chi connectivity index (χ3v) is 4.05. The topological polar surface area (TPSA) is 65.4 Å². The average Bonchev–Trinajstić information content (AvgIpc) is 2.67. The van der Waals surface area contributed by atoms with Gasteiger partial charge >= 0.3 is 0 Å². The van der Waals surface area contributed by atoms with Gasteiger partial charge in [-0.1, -0.05) is 24.8 Å². The van der Waals surface area contributed by atoms with Crippen molar-refractivity contribution in [3.8, 4) is 11.8 Å². The van der Waals surface area contributed by atoms with Crippen LogP contribution in [0.2, 0.25) is 0 Å². The fourth-order valence-corrected chi connectivity index (χ4v) is 2.35. The molecule has 0 aromatic heterocycles. The van der Waals surface area contributed by atoms with Gasteiger partial charge in [-0.2, -0.15) is 5.26 Å². The molecule has 1 atom stereocenters. The molecule has 5 heteroatoms. The first-order valence-corrected chi connectivity index (χ1v) is 8.37. The SMILES string of the molecule is C=CCOc1ccc(CN(C)[C@H](C)C(=O)Nc2ccc(C#N)cc2)cc1. The minimum atomic E-state index is -0.303. The van der Waals surface area contributed by atoms with Crippen LogP contribution in [-0.2, 0) is 11.3 Å². The Hall–Kier alpha value is -3.10. The van der Waals surface area contributed by atoms with Crippen LogP contribution in [0.25, 0.3) is 0 Å². The summed E-state index contributed by atoms with van der Waals surface area (Å²) >= 11 is 0. The molecule has 0 unspecified atom stereocenters. The Kier molecular flexibility index (Phi) is 6.95. The summed E-state index contributed by atoms with van der Waals surface area (Å²) in [7, 11) is 1.91. The van der Waals surface area contributed by atoms with Crippen molar-refractivity contribution < 1.29 is 9.53 Å². The van der Waals surface area contributed by atoms with Gasteiger partial charge in [0.25, 0.3) is 0 Å². The first-order chi connectivity index (χ1) is 12.5. The number of ether oxygens (including phenoxy) is 1. The highest BCUT2D eigenvalue weighted by Crippen LogP contribution is 2.15. The number of carbonyl (C=O) groups excluding carboxylic acids is 1. The van der Waals surface area contributed by atoms with Crippen molar-refractivity contribution in [2.24, 2.45) is 0 Å². The predicted molar refractivity (Wildman–Crippen MR) is 103 cm³/mol. The van der Waals surface area contributed by atoms with Crippen molar-refractivity contribution in [3.05, 3.63) is 72.3 Å². The lowest BCUT2D eigenvalue weighted by molar-refractivity contribution is -0.120. The molecule has 0 fully saturated rings. The lowest BCUT2D eigenvalue weighted by atomic mass is 10.1. The van der Waals surface area contributed by atoms with Gasteiger partial charge in [0.1, 0.15) is 12.4 Å². The highest BCUT2D eigenvalue weighted by atomic mass is 16.5. The van der Waals surface area contributed by atoms with Gasteiger partial charge in [0.2, 0.25) is 5.91 Å². The molecule has 134 valence electrons. The fourth-order valence-electron chi connectivity index (χ4n) is 2.35. The maximum atomic E-state index is 12.4. The van der Waals surface area contributed by atoms with Gasteiger partial charge in [0.05, 0.1) is 17.7 Å². The van der Waals surface area contributed by atoms with E-state index in [1.54, 1.807) is 30.3 Å². The largest absolute Gasteiger partial charge is 0.490 e. The number of hydrogen-bond acceptors (Lipinski definition) is 4. The molecule has 0 spiro atoms. The number of carbonyl (C=O) groups is 1. The minimum Gasteiger partial charge on any atom is -0.490 e. The summed E-state index contributed by atoms with van der Waals surface area (Å²) in [5, 5.41) is 11.7. The summed E-state index contributed by atoms with van der Waals surface area (Å²) in [6.45, 7) is 6.61. The molecule has 0 saturated carbocycles. The average molecular weight is 349 g/mol. The van der Waals surface area contributed by atoms with Gasteiger partial charge in [-0.25, -0.2) is 0 Å². The van der Waals surface area contributed by atoms with E-state index in [0.717, 1.165) is 11.3 Å². The van der Waals surface area contributed by atoms with Gasteiger partial charge in [-0.05, 0) is 55.9 Å². The molecule has 1 N–H and O–H groups in total. The second-order valence-electron chi connectivity index (χ2n) is 6.01. The fraction of sp³-hybridized carbons (Fsp3) is 0.238. The van der Waals surface area contributed by atoms with Crippen molar-refractivity contribution in [3.63, 3.8) is 0 Å². The van der Waals surface area contributed by atoms with E-state index in [9.17, 15) is 4.79 Å². The van der Waals surface area contributed by atoms with Crippen molar-refractivity contribution in [1.29, 1.82) is 5.26 Å². The molecular weight excluding hydrogens is 326 g/mol. The molecule has 0 aliphatic rings. The lowest BCUT2D eigenvalue weighted by Gasteiger charge is -2.24. The summed E-state index contributed by atoms with van der Waals surface area (Å²) in [6.07, 6.45) is 1.70. The van der Waals surface area contributed by atoms with Gasteiger partial charge in [0, 0.05) is 12.2 Å². The highest BCUT2D eigenvalue weighted by molar-refractivity contribution is 5.94. The molecule has 0 radical (unpaired) electrons. The van der Waals surface area contributed by atoms with E-state index in [1.165, 1.54) is 0 Å². The monoisotopic (exact) mass is 349 g/mol. The van der Waals surface area contributed by atoms with E-state index in [0.29, 0.717) is 24.4 Å². The van der Waals surface area contributed by atoms with Gasteiger partial charge < -0.3 is 10.1 Å². The Morgan fingerprint density at radius 1 is 1.27 bits per heavy atom. The van der Waals surface area contributed by atoms with Crippen LogP contribution in [0.5, 0.6) is 5.75 Å². The number of nitrogens with zero attached hydrogens (tertiary/aromatic N) is 2. The first-order valence-electron chi connectivity index (χ1n) is 8.37. The second-order valence-corrected chi connectivity index (χ2v) is 6.01. The highest BCUT2D eigenvalue weighted by Gasteiger charge is 2.18. The normalized spacial score (nSPS) is 11.5. The number of amides is 1. The Morgan fingerprint density at radius 2 is 1.92 bits per heavy atom. The van der Waals surface area contributed by atoms with Gasteiger partial charge in [-0.15, -0.1) is 0 Å². The van der Waals surface area contributed by atoms with Gasteiger partial charge in [-0.3, -0.25) is 9.69 Å². The molecule has 0 saturated heterocycles. The minimum absolute atomic E-state index is 0.0943. The summed E-state index contributed by atoms with van der Waals surface area (Å²) in [5.41, 5.74) is 2.34.